The molecule has 1 saturated heterocycles. The van der Waals surface area contributed by atoms with Crippen LogP contribution >= 0.6 is 11.3 Å². The van der Waals surface area contributed by atoms with Gasteiger partial charge in [-0.15, -0.1) is 10.2 Å². The zero-order chi connectivity index (χ0) is 41.6. The van der Waals surface area contributed by atoms with Crippen molar-refractivity contribution < 1.29 is 19.0 Å². The van der Waals surface area contributed by atoms with Gasteiger partial charge in [0.15, 0.2) is 22.5 Å². The van der Waals surface area contributed by atoms with Crippen LogP contribution in [0, 0.1) is 35.9 Å². The molecule has 2 unspecified atom stereocenters. The smallest absolute Gasteiger partial charge is 0.355 e. The van der Waals surface area contributed by atoms with Crippen molar-refractivity contribution in [1.82, 2.24) is 39.7 Å². The molecule has 2 aliphatic heterocycles. The number of carboxylic acid groups (broad SMARTS) is 1. The van der Waals surface area contributed by atoms with Crippen molar-refractivity contribution in [3.05, 3.63) is 64.9 Å². The number of aromatic carboxylic acids is 1. The van der Waals surface area contributed by atoms with Gasteiger partial charge in [-0.1, -0.05) is 31.3 Å². The molecular formula is C45H55FN10O3S. The Balaban J connectivity index is 0.890. The third kappa shape index (κ3) is 7.04. The van der Waals surface area contributed by atoms with Gasteiger partial charge in [0.1, 0.15) is 11.6 Å². The molecule has 11 rings (SSSR count). The molecule has 316 valence electrons. The number of fused-ring (bicyclic) bond motifs is 2. The number of nitrogens with zero attached hydrogens (tertiary/aromatic N) is 9. The van der Waals surface area contributed by atoms with Crippen LogP contribution in [-0.4, -0.2) is 109 Å². The average molecular weight is 835 g/mol. The summed E-state index contributed by atoms with van der Waals surface area (Å²) in [5.41, 5.74) is 5.15. The first-order chi connectivity index (χ1) is 28.7. The highest BCUT2D eigenvalue weighted by Crippen LogP contribution is 2.72. The Labute approximate surface area is 354 Å². The number of likely N-dealkylation sites (N-methyl/N-ethyl adjacent to an activating group) is 1. The molecular weight excluding hydrogens is 780 g/mol. The number of rotatable bonds is 11. The molecule has 6 heterocycles. The van der Waals surface area contributed by atoms with E-state index >= 15 is 0 Å². The van der Waals surface area contributed by atoms with Crippen molar-refractivity contribution in [2.45, 2.75) is 91.2 Å². The molecule has 4 bridgehead atoms. The molecule has 4 saturated carbocycles. The fourth-order valence-electron chi connectivity index (χ4n) is 12.8. The van der Waals surface area contributed by atoms with Gasteiger partial charge in [0, 0.05) is 73.8 Å². The molecule has 60 heavy (non-hydrogen) atoms. The minimum absolute atomic E-state index is 0.0177. The van der Waals surface area contributed by atoms with Crippen molar-refractivity contribution in [2.75, 3.05) is 63.1 Å². The van der Waals surface area contributed by atoms with E-state index in [0.717, 1.165) is 113 Å². The first kappa shape index (κ1) is 39.6. The zero-order valence-electron chi connectivity index (χ0n) is 35.4. The highest BCUT2D eigenvalue weighted by Gasteiger charge is 2.66. The van der Waals surface area contributed by atoms with Gasteiger partial charge in [-0.25, -0.2) is 19.2 Å². The van der Waals surface area contributed by atoms with Gasteiger partial charge < -0.3 is 25.0 Å². The topological polar surface area (TPSA) is 138 Å². The molecule has 4 aromatic heterocycles. The fourth-order valence-corrected chi connectivity index (χ4v) is 13.6. The number of aromatic nitrogens is 6. The van der Waals surface area contributed by atoms with Gasteiger partial charge in [0.05, 0.1) is 28.6 Å². The first-order valence-electron chi connectivity index (χ1n) is 21.5. The largest absolute Gasteiger partial charge is 0.476 e. The number of hydrogen-bond donors (Lipinski definition) is 2. The summed E-state index contributed by atoms with van der Waals surface area (Å²) in [4.78, 5) is 29.2. The highest BCUT2D eigenvalue weighted by atomic mass is 32.1. The maximum Gasteiger partial charge on any atom is 0.355 e. The van der Waals surface area contributed by atoms with E-state index in [4.69, 9.17) is 14.8 Å². The van der Waals surface area contributed by atoms with E-state index in [-0.39, 0.29) is 33.4 Å². The Kier molecular flexibility index (Phi) is 9.58. The summed E-state index contributed by atoms with van der Waals surface area (Å²) in [5.74, 6) is 0.309. The quantitative estimate of drug-likeness (QED) is 0.133. The van der Waals surface area contributed by atoms with Crippen molar-refractivity contribution in [3.8, 4) is 11.1 Å². The number of thiazole rings is 1. The van der Waals surface area contributed by atoms with E-state index < -0.39 is 5.97 Å². The molecule has 0 radical (unpaired) electrons. The minimum Gasteiger partial charge on any atom is -0.476 e. The van der Waals surface area contributed by atoms with Gasteiger partial charge in [-0.3, -0.25) is 9.58 Å². The van der Waals surface area contributed by atoms with E-state index in [1.807, 2.05) is 30.2 Å². The number of halogens is 1. The van der Waals surface area contributed by atoms with Crippen LogP contribution in [-0.2, 0) is 17.7 Å². The molecule has 5 aromatic rings. The van der Waals surface area contributed by atoms with Crippen LogP contribution in [0.3, 0.4) is 0 Å². The second-order valence-electron chi connectivity index (χ2n) is 19.5. The van der Waals surface area contributed by atoms with Crippen LogP contribution in [0.2, 0.25) is 0 Å². The number of ether oxygens (including phenoxy) is 1. The Morgan fingerprint density at radius 3 is 2.48 bits per heavy atom. The minimum atomic E-state index is -1.09. The van der Waals surface area contributed by atoms with Crippen LogP contribution in [0.1, 0.15) is 86.1 Å². The molecule has 1 aromatic carbocycles. The molecule has 2 atom stereocenters. The Hall–Kier alpha value is -4.57. The summed E-state index contributed by atoms with van der Waals surface area (Å²) < 4.78 is 24.1. The number of piperazine rings is 1. The second-order valence-corrected chi connectivity index (χ2v) is 20.5. The molecule has 15 heteroatoms. The number of carboxylic acids is 1. The van der Waals surface area contributed by atoms with Gasteiger partial charge in [-0.2, -0.15) is 5.10 Å². The Morgan fingerprint density at radius 2 is 1.73 bits per heavy atom. The van der Waals surface area contributed by atoms with Crippen molar-refractivity contribution in [1.29, 1.82) is 0 Å². The van der Waals surface area contributed by atoms with E-state index in [2.05, 4.69) is 62.8 Å². The lowest BCUT2D eigenvalue weighted by Gasteiger charge is -2.69. The lowest BCUT2D eigenvalue weighted by Crippen LogP contribution is -2.64. The van der Waals surface area contributed by atoms with Crippen LogP contribution < -0.4 is 10.2 Å². The number of anilines is 4. The molecule has 2 N–H and O–H groups in total. The van der Waals surface area contributed by atoms with Gasteiger partial charge >= 0.3 is 5.97 Å². The second kappa shape index (κ2) is 14.5. The number of benzene rings is 1. The van der Waals surface area contributed by atoms with Crippen molar-refractivity contribution >= 4 is 50.1 Å². The summed E-state index contributed by atoms with van der Waals surface area (Å²) in [6, 6.07) is 8.61. The third-order valence-electron chi connectivity index (χ3n) is 14.3. The Morgan fingerprint density at radius 1 is 0.950 bits per heavy atom. The first-order valence-corrected chi connectivity index (χ1v) is 22.3. The predicted octanol–water partition coefficient (Wildman–Crippen LogP) is 8.01. The third-order valence-corrected chi connectivity index (χ3v) is 15.3. The van der Waals surface area contributed by atoms with Crippen LogP contribution in [0.5, 0.6) is 0 Å². The summed E-state index contributed by atoms with van der Waals surface area (Å²) in [7, 11) is 2.20. The SMILES string of the molecule is Cc1c(Nc2nc3cccc(F)c3s2)nnc2c1CCCN2c1ccc(-c2cnn(CC34CC5(C)CC(C)(C3)CC(OCCN3CCN(C)CC3)(C5)C4)c2C)c(C(=O)O)n1. The number of hydrogen-bond acceptors (Lipinski definition) is 12. The summed E-state index contributed by atoms with van der Waals surface area (Å²) in [5, 5.41) is 28.5. The van der Waals surface area contributed by atoms with E-state index in [9.17, 15) is 14.3 Å². The summed E-state index contributed by atoms with van der Waals surface area (Å²) >= 11 is 1.23. The standard InChI is InChI=1S/C45H55FN10O3S/c1-28-30-8-7-13-55(39(30)52-51-38(28)50-41-48-34-10-6-9-33(46)37(34)60-41)35-12-11-31(36(49-35)40(57)58)32-20-47-56(29(32)2)27-44-22-42(3)21-43(4,23-44)25-45(24-42,26-44)59-19-18-54-16-14-53(5)15-17-54/h6,9-12,20H,7-8,13-19,21-27H2,1-5H3,(H,57,58)(H,48,50,51). The number of pyridine rings is 1. The fraction of sp³-hybridized carbons (Fsp3) is 0.556. The average Bonchev–Trinajstić information content (AvgIpc) is 3.77. The van der Waals surface area contributed by atoms with Crippen molar-refractivity contribution in [2.24, 2.45) is 16.2 Å². The van der Waals surface area contributed by atoms with E-state index in [1.54, 1.807) is 12.1 Å². The molecule has 13 nitrogen and oxygen atoms in total. The summed E-state index contributed by atoms with van der Waals surface area (Å²) in [6.07, 6.45) is 10.3. The van der Waals surface area contributed by atoms with Crippen molar-refractivity contribution in [3.63, 3.8) is 0 Å². The van der Waals surface area contributed by atoms with Gasteiger partial charge in [-0.05, 0) is 113 Å². The van der Waals surface area contributed by atoms with Gasteiger partial charge in [0.25, 0.3) is 0 Å². The highest BCUT2D eigenvalue weighted by molar-refractivity contribution is 7.22. The molecule has 5 fully saturated rings. The normalized spacial score (nSPS) is 27.8. The zero-order valence-corrected chi connectivity index (χ0v) is 36.2. The molecule has 0 spiro atoms. The maximum atomic E-state index is 14.4. The lowest BCUT2D eigenvalue weighted by atomic mass is 9.39. The van der Waals surface area contributed by atoms with E-state index in [1.165, 1.54) is 23.8 Å². The number of carbonyl (C=O) groups is 1. The van der Waals surface area contributed by atoms with Crippen LogP contribution in [0.4, 0.5) is 27.0 Å². The Bertz CT molecular complexity index is 2480. The van der Waals surface area contributed by atoms with Crippen LogP contribution in [0.25, 0.3) is 21.3 Å². The number of nitrogens with one attached hydrogen (secondary N) is 1. The molecule has 6 aliphatic rings. The molecule has 0 amide bonds. The maximum absolute atomic E-state index is 14.4. The molecule has 4 aliphatic carbocycles. The predicted molar refractivity (Wildman–Crippen MR) is 231 cm³/mol. The lowest BCUT2D eigenvalue weighted by molar-refractivity contribution is -0.249. The van der Waals surface area contributed by atoms with Crippen LogP contribution in [0.15, 0.2) is 36.5 Å². The summed E-state index contributed by atoms with van der Waals surface area (Å²) in [6.45, 7) is 16.6. The van der Waals surface area contributed by atoms with Gasteiger partial charge in [0.2, 0.25) is 0 Å². The monoisotopic (exact) mass is 834 g/mol. The van der Waals surface area contributed by atoms with E-state index in [0.29, 0.717) is 44.9 Å².